The van der Waals surface area contributed by atoms with E-state index >= 15 is 0 Å². The Morgan fingerprint density at radius 1 is 1.04 bits per heavy atom. The Bertz CT molecular complexity index is 1260. The fourth-order valence-corrected chi connectivity index (χ4v) is 2.94. The lowest BCUT2D eigenvalue weighted by Crippen LogP contribution is -2.03. The van der Waals surface area contributed by atoms with Crippen LogP contribution in [0.4, 0.5) is 0 Å². The van der Waals surface area contributed by atoms with E-state index < -0.39 is 0 Å². The smallest absolute Gasteiger partial charge is 0.240 e. The molecule has 28 heavy (non-hydrogen) atoms. The van der Waals surface area contributed by atoms with Crippen molar-refractivity contribution in [1.82, 2.24) is 30.0 Å². The molecule has 5 rings (SSSR count). The molecule has 9 nitrogen and oxygen atoms in total. The maximum atomic E-state index is 9.21. The molecule has 0 aliphatic rings. The average Bonchev–Trinajstić information content (AvgIpc) is 3.39. The maximum absolute atomic E-state index is 9.21. The van der Waals surface area contributed by atoms with E-state index in [0.717, 1.165) is 16.3 Å². The third-order valence-electron chi connectivity index (χ3n) is 4.30. The molecule has 1 aromatic carbocycles. The molecular weight excluding hydrogens is 360 g/mol. The van der Waals surface area contributed by atoms with Gasteiger partial charge < -0.3 is 14.4 Å². The zero-order chi connectivity index (χ0) is 18.9. The summed E-state index contributed by atoms with van der Waals surface area (Å²) in [4.78, 5) is 4.01. The van der Waals surface area contributed by atoms with Gasteiger partial charge in [0.2, 0.25) is 11.7 Å². The number of ether oxygens (including phenoxy) is 1. The summed E-state index contributed by atoms with van der Waals surface area (Å²) in [6.45, 7) is 0.0987. The molecule has 0 saturated carbocycles. The number of aromatic nitrogens is 6. The van der Waals surface area contributed by atoms with Crippen LogP contribution in [0.1, 0.15) is 11.3 Å². The quantitative estimate of drug-likeness (QED) is 0.499. The normalized spacial score (nSPS) is 11.3. The van der Waals surface area contributed by atoms with Crippen molar-refractivity contribution in [2.75, 3.05) is 0 Å². The van der Waals surface area contributed by atoms with E-state index in [1.807, 2.05) is 36.4 Å². The predicted octanol–water partition coefficient (Wildman–Crippen LogP) is 2.40. The Balaban J connectivity index is 1.64. The Kier molecular flexibility index (Phi) is 3.91. The van der Waals surface area contributed by atoms with E-state index in [0.29, 0.717) is 35.4 Å². The molecule has 0 spiro atoms. The van der Waals surface area contributed by atoms with E-state index in [4.69, 9.17) is 9.26 Å². The van der Waals surface area contributed by atoms with Crippen LogP contribution >= 0.6 is 0 Å². The van der Waals surface area contributed by atoms with Gasteiger partial charge in [0.05, 0.1) is 0 Å². The number of nitrogens with zero attached hydrogens (tertiary/aromatic N) is 6. The molecule has 138 valence electrons. The summed E-state index contributed by atoms with van der Waals surface area (Å²) < 4.78 is 12.6. The molecule has 0 radical (unpaired) electrons. The van der Waals surface area contributed by atoms with Gasteiger partial charge in [-0.3, -0.25) is 4.98 Å². The largest absolute Gasteiger partial charge is 0.471 e. The molecule has 0 aliphatic carbocycles. The number of hydrogen-bond acceptors (Lipinski definition) is 8. The first-order valence-corrected chi connectivity index (χ1v) is 8.56. The van der Waals surface area contributed by atoms with Crippen molar-refractivity contribution in [3.63, 3.8) is 0 Å². The third-order valence-corrected chi connectivity index (χ3v) is 4.30. The summed E-state index contributed by atoms with van der Waals surface area (Å²) in [5.74, 6) is 1.19. The molecule has 5 aromatic rings. The van der Waals surface area contributed by atoms with Gasteiger partial charge in [-0.05, 0) is 23.8 Å². The molecule has 0 bridgehead atoms. The lowest BCUT2D eigenvalue weighted by Gasteiger charge is -2.09. The summed E-state index contributed by atoms with van der Waals surface area (Å²) in [6.07, 6.45) is 3.43. The second kappa shape index (κ2) is 6.71. The summed E-state index contributed by atoms with van der Waals surface area (Å²) in [5.41, 5.74) is 1.99. The van der Waals surface area contributed by atoms with Crippen LogP contribution in [-0.2, 0) is 13.2 Å². The number of pyridine rings is 1. The summed E-state index contributed by atoms with van der Waals surface area (Å²) in [7, 11) is 0. The molecule has 0 unspecified atom stereocenters. The zero-order valence-corrected chi connectivity index (χ0v) is 14.6. The Morgan fingerprint density at radius 2 is 1.86 bits per heavy atom. The van der Waals surface area contributed by atoms with Crippen LogP contribution in [0.25, 0.3) is 27.9 Å². The molecule has 0 amide bonds. The highest BCUT2D eigenvalue weighted by molar-refractivity contribution is 5.96. The number of fused-ring (bicyclic) bond motifs is 3. The molecule has 4 aromatic heterocycles. The van der Waals surface area contributed by atoms with Gasteiger partial charge in [-0.1, -0.05) is 23.4 Å². The number of aliphatic hydroxyl groups excluding tert-OH is 1. The van der Waals surface area contributed by atoms with Crippen molar-refractivity contribution in [3.05, 3.63) is 66.2 Å². The highest BCUT2D eigenvalue weighted by Crippen LogP contribution is 2.29. The van der Waals surface area contributed by atoms with Gasteiger partial charge in [0.1, 0.15) is 13.2 Å². The summed E-state index contributed by atoms with van der Waals surface area (Å²) in [6, 6.07) is 13.1. The minimum absolute atomic E-state index is 0.250. The Hall–Kier alpha value is -3.85. The van der Waals surface area contributed by atoms with Crippen molar-refractivity contribution >= 4 is 16.4 Å². The molecule has 0 fully saturated rings. The van der Waals surface area contributed by atoms with Crippen molar-refractivity contribution in [2.45, 2.75) is 13.2 Å². The van der Waals surface area contributed by atoms with Gasteiger partial charge in [0, 0.05) is 29.2 Å². The molecular formula is C19H14N6O3. The average molecular weight is 374 g/mol. The van der Waals surface area contributed by atoms with Gasteiger partial charge in [-0.25, -0.2) is 0 Å². The van der Waals surface area contributed by atoms with E-state index in [2.05, 4.69) is 25.4 Å². The fourth-order valence-electron chi connectivity index (χ4n) is 2.94. The van der Waals surface area contributed by atoms with Crippen LogP contribution in [0.5, 0.6) is 5.88 Å². The van der Waals surface area contributed by atoms with E-state index in [1.165, 1.54) is 0 Å². The van der Waals surface area contributed by atoms with Crippen LogP contribution in [-0.4, -0.2) is 35.1 Å². The lowest BCUT2D eigenvalue weighted by atomic mass is 10.2. The zero-order valence-electron chi connectivity index (χ0n) is 14.6. The topological polar surface area (TPSA) is 111 Å². The van der Waals surface area contributed by atoms with Gasteiger partial charge in [0.15, 0.2) is 17.1 Å². The molecule has 4 heterocycles. The van der Waals surface area contributed by atoms with Gasteiger partial charge >= 0.3 is 0 Å². The number of aliphatic hydroxyl groups is 1. The van der Waals surface area contributed by atoms with Crippen LogP contribution in [0, 0.1) is 0 Å². The van der Waals surface area contributed by atoms with Gasteiger partial charge in [-0.2, -0.15) is 4.52 Å². The Morgan fingerprint density at radius 3 is 2.64 bits per heavy atom. The predicted molar refractivity (Wildman–Crippen MR) is 98.3 cm³/mol. The molecule has 1 N–H and O–H groups in total. The third kappa shape index (κ3) is 2.74. The minimum Gasteiger partial charge on any atom is -0.471 e. The SMILES string of the molecule is OCc1cc(-c2nnc3c4ccccc4c(OCc4ccncc4)nn23)no1. The number of rotatable bonds is 5. The monoisotopic (exact) mass is 374 g/mol. The second-order valence-electron chi connectivity index (χ2n) is 6.09. The van der Waals surface area contributed by atoms with Crippen LogP contribution in [0.3, 0.4) is 0 Å². The summed E-state index contributed by atoms with van der Waals surface area (Å²) >= 11 is 0. The molecule has 0 aliphatic heterocycles. The highest BCUT2D eigenvalue weighted by Gasteiger charge is 2.18. The Labute approximate surface area is 158 Å². The van der Waals surface area contributed by atoms with E-state index in [-0.39, 0.29) is 6.61 Å². The lowest BCUT2D eigenvalue weighted by molar-refractivity contribution is 0.229. The van der Waals surface area contributed by atoms with Crippen molar-refractivity contribution in [1.29, 1.82) is 0 Å². The van der Waals surface area contributed by atoms with Crippen LogP contribution in [0.15, 0.2) is 59.4 Å². The van der Waals surface area contributed by atoms with Crippen molar-refractivity contribution in [2.24, 2.45) is 0 Å². The van der Waals surface area contributed by atoms with Crippen LogP contribution < -0.4 is 4.74 Å². The molecule has 9 heteroatoms. The molecule has 0 saturated heterocycles. The van der Waals surface area contributed by atoms with Gasteiger partial charge in [0.25, 0.3) is 0 Å². The first-order valence-electron chi connectivity index (χ1n) is 8.56. The summed E-state index contributed by atoms with van der Waals surface area (Å²) in [5, 5.41) is 27.9. The molecule has 0 atom stereocenters. The van der Waals surface area contributed by atoms with E-state index in [9.17, 15) is 5.11 Å². The van der Waals surface area contributed by atoms with Crippen molar-refractivity contribution < 1.29 is 14.4 Å². The van der Waals surface area contributed by atoms with Crippen molar-refractivity contribution in [3.8, 4) is 17.4 Å². The first kappa shape index (κ1) is 16.3. The number of benzene rings is 1. The number of hydrogen-bond donors (Lipinski definition) is 1. The fraction of sp³-hybridized carbons (Fsp3) is 0.105. The maximum Gasteiger partial charge on any atom is 0.240 e. The first-order chi connectivity index (χ1) is 13.8. The van der Waals surface area contributed by atoms with Gasteiger partial charge in [-0.15, -0.1) is 15.3 Å². The minimum atomic E-state index is -0.250. The second-order valence-corrected chi connectivity index (χ2v) is 6.09. The standard InChI is InChI=1S/C19H14N6O3/c26-10-13-9-16(24-28-13)18-22-21-17-14-3-1-2-4-15(14)19(23-25(17)18)27-11-12-5-7-20-8-6-12/h1-9,26H,10-11H2. The highest BCUT2D eigenvalue weighted by atomic mass is 16.5. The van der Waals surface area contributed by atoms with Crippen LogP contribution in [0.2, 0.25) is 0 Å². The van der Waals surface area contributed by atoms with E-state index in [1.54, 1.807) is 23.0 Å².